The summed E-state index contributed by atoms with van der Waals surface area (Å²) in [4.78, 5) is 12.5. The van der Waals surface area contributed by atoms with E-state index in [1.807, 2.05) is 30.3 Å². The molecule has 2 bridgehead atoms. The third kappa shape index (κ3) is 1.31. The van der Waals surface area contributed by atoms with Crippen LogP contribution < -0.4 is 5.32 Å². The number of hydrogen-bond donors (Lipinski definition) is 1. The molecule has 3 heteroatoms. The molecule has 0 radical (unpaired) electrons. The standard InChI is InChI=1S/C15H17NO2/c1-15(8-9-7-11(15)13-12(9)18-13)14(17)16-10-5-3-2-4-6-10/h2-6,9,11-13H,7-8H2,1H3,(H,16,17)/t9-,11+,12+,13+,15+/m1/s1. The fraction of sp³-hybridized carbons (Fsp3) is 0.533. The van der Waals surface area contributed by atoms with E-state index in [1.165, 1.54) is 6.42 Å². The predicted octanol–water partition coefficient (Wildman–Crippen LogP) is 2.44. The van der Waals surface area contributed by atoms with Crippen molar-refractivity contribution in [1.29, 1.82) is 0 Å². The molecule has 18 heavy (non-hydrogen) atoms. The second kappa shape index (κ2) is 3.35. The minimum atomic E-state index is -0.238. The Morgan fingerprint density at radius 2 is 2.11 bits per heavy atom. The summed E-state index contributed by atoms with van der Waals surface area (Å²) in [6.07, 6.45) is 3.01. The van der Waals surface area contributed by atoms with Gasteiger partial charge in [-0.1, -0.05) is 25.1 Å². The van der Waals surface area contributed by atoms with E-state index in [0.717, 1.165) is 12.1 Å². The first-order valence-corrected chi connectivity index (χ1v) is 6.70. The Hall–Kier alpha value is -1.35. The van der Waals surface area contributed by atoms with E-state index in [0.29, 0.717) is 24.0 Å². The summed E-state index contributed by atoms with van der Waals surface area (Å²) in [5.74, 6) is 1.21. The van der Waals surface area contributed by atoms with E-state index in [-0.39, 0.29) is 11.3 Å². The Morgan fingerprint density at radius 1 is 1.33 bits per heavy atom. The highest BCUT2D eigenvalue weighted by molar-refractivity contribution is 5.95. The molecule has 3 aliphatic rings. The van der Waals surface area contributed by atoms with Crippen molar-refractivity contribution in [2.75, 3.05) is 5.32 Å². The maximum absolute atomic E-state index is 12.5. The number of carbonyl (C=O) groups excluding carboxylic acids is 1. The summed E-state index contributed by atoms with van der Waals surface area (Å²) in [5.41, 5.74) is 0.651. The number of ether oxygens (including phenoxy) is 1. The molecule has 1 amide bonds. The number of carbonyl (C=O) groups is 1. The Bertz CT molecular complexity index is 500. The van der Waals surface area contributed by atoms with Gasteiger partial charge in [-0.3, -0.25) is 4.79 Å². The lowest BCUT2D eigenvalue weighted by Gasteiger charge is -2.30. The Balaban J connectivity index is 1.55. The number of hydrogen-bond acceptors (Lipinski definition) is 2. The van der Waals surface area contributed by atoms with E-state index in [1.54, 1.807) is 0 Å². The smallest absolute Gasteiger partial charge is 0.230 e. The molecule has 0 spiro atoms. The van der Waals surface area contributed by atoms with Crippen LogP contribution in [0.5, 0.6) is 0 Å². The fourth-order valence-corrected chi connectivity index (χ4v) is 4.01. The lowest BCUT2D eigenvalue weighted by atomic mass is 9.74. The number of epoxide rings is 1. The predicted molar refractivity (Wildman–Crippen MR) is 68.1 cm³/mol. The first kappa shape index (κ1) is 10.6. The van der Waals surface area contributed by atoms with Gasteiger partial charge in [0.1, 0.15) is 0 Å². The molecule has 4 rings (SSSR count). The van der Waals surface area contributed by atoms with Gasteiger partial charge in [-0.05, 0) is 30.9 Å². The van der Waals surface area contributed by atoms with Gasteiger partial charge in [-0.2, -0.15) is 0 Å². The number of rotatable bonds is 2. The quantitative estimate of drug-likeness (QED) is 0.811. The van der Waals surface area contributed by atoms with Crippen LogP contribution in [0.3, 0.4) is 0 Å². The van der Waals surface area contributed by atoms with Crippen LogP contribution in [0.2, 0.25) is 0 Å². The largest absolute Gasteiger partial charge is 0.369 e. The zero-order valence-corrected chi connectivity index (χ0v) is 10.4. The minimum absolute atomic E-state index is 0.162. The summed E-state index contributed by atoms with van der Waals surface area (Å²) in [6.45, 7) is 2.10. The van der Waals surface area contributed by atoms with Crippen LogP contribution in [-0.4, -0.2) is 18.1 Å². The van der Waals surface area contributed by atoms with Gasteiger partial charge in [0.25, 0.3) is 0 Å². The summed E-state index contributed by atoms with van der Waals surface area (Å²) in [7, 11) is 0. The van der Waals surface area contributed by atoms with E-state index in [2.05, 4.69) is 12.2 Å². The normalized spacial score (nSPS) is 43.6. The maximum Gasteiger partial charge on any atom is 0.230 e. The number of para-hydroxylation sites is 1. The number of anilines is 1. The molecule has 2 aliphatic carbocycles. The van der Waals surface area contributed by atoms with Crippen molar-refractivity contribution in [3.8, 4) is 0 Å². The van der Waals surface area contributed by atoms with Crippen molar-refractivity contribution in [2.45, 2.75) is 32.0 Å². The van der Waals surface area contributed by atoms with Crippen molar-refractivity contribution >= 4 is 11.6 Å². The molecule has 0 unspecified atom stereocenters. The summed E-state index contributed by atoms with van der Waals surface area (Å²) < 4.78 is 5.66. The SMILES string of the molecule is C[C@]1(C(=O)Nc2ccccc2)C[C@H]2C[C@H]1[C@@H]1O[C@@H]21. The first-order valence-electron chi connectivity index (χ1n) is 6.70. The summed E-state index contributed by atoms with van der Waals surface area (Å²) >= 11 is 0. The van der Waals surface area contributed by atoms with Gasteiger partial charge in [0.15, 0.2) is 0 Å². The van der Waals surface area contributed by atoms with E-state index >= 15 is 0 Å². The van der Waals surface area contributed by atoms with Gasteiger partial charge in [-0.15, -0.1) is 0 Å². The van der Waals surface area contributed by atoms with Crippen molar-refractivity contribution in [3.05, 3.63) is 30.3 Å². The van der Waals surface area contributed by atoms with Crippen molar-refractivity contribution < 1.29 is 9.53 Å². The fourth-order valence-electron chi connectivity index (χ4n) is 4.01. The van der Waals surface area contributed by atoms with Gasteiger partial charge in [0.05, 0.1) is 17.6 Å². The van der Waals surface area contributed by atoms with E-state index < -0.39 is 0 Å². The molecule has 3 fully saturated rings. The zero-order valence-electron chi connectivity index (χ0n) is 10.4. The lowest BCUT2D eigenvalue weighted by molar-refractivity contribution is -0.127. The van der Waals surface area contributed by atoms with Gasteiger partial charge in [-0.25, -0.2) is 0 Å². The molecule has 1 N–H and O–H groups in total. The minimum Gasteiger partial charge on any atom is -0.369 e. The van der Waals surface area contributed by atoms with E-state index in [4.69, 9.17) is 4.74 Å². The lowest BCUT2D eigenvalue weighted by Crippen LogP contribution is -2.40. The monoisotopic (exact) mass is 243 g/mol. The van der Waals surface area contributed by atoms with Crippen LogP contribution >= 0.6 is 0 Å². The van der Waals surface area contributed by atoms with E-state index in [9.17, 15) is 4.79 Å². The van der Waals surface area contributed by atoms with Crippen LogP contribution in [0, 0.1) is 17.3 Å². The highest BCUT2D eigenvalue weighted by Crippen LogP contribution is 2.64. The Labute approximate surface area is 107 Å². The number of nitrogens with one attached hydrogen (secondary N) is 1. The van der Waals surface area contributed by atoms with Gasteiger partial charge in [0, 0.05) is 11.6 Å². The molecule has 0 aromatic heterocycles. The summed E-state index contributed by atoms with van der Waals surface area (Å²) in [6, 6.07) is 9.71. The average molecular weight is 243 g/mol. The molecule has 94 valence electrons. The van der Waals surface area contributed by atoms with Crippen LogP contribution in [0.15, 0.2) is 30.3 Å². The Kier molecular flexibility index (Phi) is 1.97. The Morgan fingerprint density at radius 3 is 2.78 bits per heavy atom. The highest BCUT2D eigenvalue weighted by atomic mass is 16.6. The van der Waals surface area contributed by atoms with Crippen LogP contribution in [-0.2, 0) is 9.53 Å². The van der Waals surface area contributed by atoms with Crippen LogP contribution in [0.25, 0.3) is 0 Å². The average Bonchev–Trinajstić information content (AvgIpc) is 3.01. The molecular weight excluding hydrogens is 226 g/mol. The maximum atomic E-state index is 12.5. The molecule has 2 saturated carbocycles. The summed E-state index contributed by atoms with van der Waals surface area (Å²) in [5, 5.41) is 3.05. The van der Waals surface area contributed by atoms with Gasteiger partial charge in [0.2, 0.25) is 5.91 Å². The number of amides is 1. The molecule has 1 heterocycles. The molecular formula is C15H17NO2. The number of benzene rings is 1. The second-order valence-electron chi connectivity index (χ2n) is 6.11. The molecule has 1 saturated heterocycles. The van der Waals surface area contributed by atoms with Crippen molar-refractivity contribution in [1.82, 2.24) is 0 Å². The van der Waals surface area contributed by atoms with Crippen molar-refractivity contribution in [3.63, 3.8) is 0 Å². The third-order valence-electron chi connectivity index (χ3n) is 5.03. The van der Waals surface area contributed by atoms with Crippen molar-refractivity contribution in [2.24, 2.45) is 17.3 Å². The number of fused-ring (bicyclic) bond motifs is 5. The second-order valence-corrected chi connectivity index (χ2v) is 6.11. The topological polar surface area (TPSA) is 41.6 Å². The highest BCUT2D eigenvalue weighted by Gasteiger charge is 2.69. The molecule has 1 aromatic carbocycles. The van der Waals surface area contributed by atoms with Crippen LogP contribution in [0.4, 0.5) is 5.69 Å². The zero-order chi connectivity index (χ0) is 12.3. The van der Waals surface area contributed by atoms with Gasteiger partial charge >= 0.3 is 0 Å². The molecule has 5 atom stereocenters. The molecule has 3 nitrogen and oxygen atoms in total. The third-order valence-corrected chi connectivity index (χ3v) is 5.03. The first-order chi connectivity index (χ1) is 8.68. The molecule has 1 aromatic rings. The van der Waals surface area contributed by atoms with Crippen LogP contribution in [0.1, 0.15) is 19.8 Å². The van der Waals surface area contributed by atoms with Gasteiger partial charge < -0.3 is 10.1 Å². The molecule has 1 aliphatic heterocycles.